The SMILES string of the molecule is O=C(NCCNC(=O)C1CCCCC1)c1ccc(NC(=O)c2ccc(F)cc2)cc1. The van der Waals surface area contributed by atoms with E-state index >= 15 is 0 Å². The van der Waals surface area contributed by atoms with Crippen LogP contribution in [-0.2, 0) is 4.79 Å². The van der Waals surface area contributed by atoms with Crippen molar-refractivity contribution in [1.82, 2.24) is 10.6 Å². The molecule has 3 N–H and O–H groups in total. The first-order chi connectivity index (χ1) is 14.5. The van der Waals surface area contributed by atoms with Crippen LogP contribution in [0, 0.1) is 11.7 Å². The van der Waals surface area contributed by atoms with Gasteiger partial charge >= 0.3 is 0 Å². The van der Waals surface area contributed by atoms with Crippen LogP contribution in [0.2, 0.25) is 0 Å². The summed E-state index contributed by atoms with van der Waals surface area (Å²) in [4.78, 5) is 36.5. The van der Waals surface area contributed by atoms with Gasteiger partial charge in [0.15, 0.2) is 0 Å². The Morgan fingerprint density at radius 1 is 0.767 bits per heavy atom. The molecule has 0 bridgehead atoms. The van der Waals surface area contributed by atoms with Gasteiger partial charge in [0.1, 0.15) is 5.82 Å². The Balaban J connectivity index is 1.41. The van der Waals surface area contributed by atoms with E-state index in [0.717, 1.165) is 25.7 Å². The number of amides is 3. The highest BCUT2D eigenvalue weighted by Gasteiger charge is 2.20. The smallest absolute Gasteiger partial charge is 0.255 e. The Bertz CT molecular complexity index is 876. The summed E-state index contributed by atoms with van der Waals surface area (Å²) in [5, 5.41) is 8.36. The van der Waals surface area contributed by atoms with Gasteiger partial charge in [-0.05, 0) is 61.4 Å². The summed E-state index contributed by atoms with van der Waals surface area (Å²) in [6.45, 7) is 0.743. The molecule has 1 fully saturated rings. The number of rotatable bonds is 7. The Kier molecular flexibility index (Phi) is 7.54. The van der Waals surface area contributed by atoms with Crippen molar-refractivity contribution in [3.8, 4) is 0 Å². The number of anilines is 1. The molecule has 0 atom stereocenters. The minimum absolute atomic E-state index is 0.0743. The second-order valence-electron chi connectivity index (χ2n) is 7.42. The monoisotopic (exact) mass is 411 g/mol. The van der Waals surface area contributed by atoms with Crippen molar-refractivity contribution in [3.05, 3.63) is 65.5 Å². The van der Waals surface area contributed by atoms with Crippen molar-refractivity contribution < 1.29 is 18.8 Å². The molecule has 0 spiro atoms. The van der Waals surface area contributed by atoms with E-state index in [-0.39, 0.29) is 23.6 Å². The lowest BCUT2D eigenvalue weighted by Gasteiger charge is -2.20. The highest BCUT2D eigenvalue weighted by atomic mass is 19.1. The number of hydrogen-bond acceptors (Lipinski definition) is 3. The summed E-state index contributed by atoms with van der Waals surface area (Å²) < 4.78 is 12.9. The molecule has 0 unspecified atom stereocenters. The van der Waals surface area contributed by atoms with Crippen LogP contribution in [0.4, 0.5) is 10.1 Å². The van der Waals surface area contributed by atoms with E-state index in [0.29, 0.717) is 29.9 Å². The Morgan fingerprint density at radius 2 is 1.33 bits per heavy atom. The van der Waals surface area contributed by atoms with Gasteiger partial charge in [-0.15, -0.1) is 0 Å². The molecule has 7 heteroatoms. The molecule has 30 heavy (non-hydrogen) atoms. The lowest BCUT2D eigenvalue weighted by Crippen LogP contribution is -2.38. The Hall–Kier alpha value is -3.22. The third-order valence-corrected chi connectivity index (χ3v) is 5.20. The van der Waals surface area contributed by atoms with Gasteiger partial charge in [0, 0.05) is 35.8 Å². The maximum atomic E-state index is 12.9. The quantitative estimate of drug-likeness (QED) is 0.610. The summed E-state index contributed by atoms with van der Waals surface area (Å²) in [5.74, 6) is -0.841. The molecule has 1 aliphatic carbocycles. The second kappa shape index (κ2) is 10.5. The molecule has 2 aromatic carbocycles. The number of nitrogens with one attached hydrogen (secondary N) is 3. The number of benzene rings is 2. The molecule has 0 aliphatic heterocycles. The van der Waals surface area contributed by atoms with E-state index in [1.54, 1.807) is 24.3 Å². The molecule has 0 saturated heterocycles. The van der Waals surface area contributed by atoms with Crippen molar-refractivity contribution in [3.63, 3.8) is 0 Å². The minimum Gasteiger partial charge on any atom is -0.354 e. The molecule has 0 radical (unpaired) electrons. The van der Waals surface area contributed by atoms with Gasteiger partial charge in [0.2, 0.25) is 5.91 Å². The van der Waals surface area contributed by atoms with Gasteiger partial charge < -0.3 is 16.0 Å². The number of hydrogen-bond donors (Lipinski definition) is 3. The third-order valence-electron chi connectivity index (χ3n) is 5.20. The van der Waals surface area contributed by atoms with Gasteiger partial charge in [-0.3, -0.25) is 14.4 Å². The molecular formula is C23H26FN3O3. The number of halogens is 1. The van der Waals surface area contributed by atoms with E-state index in [9.17, 15) is 18.8 Å². The van der Waals surface area contributed by atoms with E-state index in [1.165, 1.54) is 30.7 Å². The van der Waals surface area contributed by atoms with Crippen LogP contribution in [0.15, 0.2) is 48.5 Å². The summed E-state index contributed by atoms with van der Waals surface area (Å²) in [6, 6.07) is 11.7. The fourth-order valence-corrected chi connectivity index (χ4v) is 3.48. The minimum atomic E-state index is -0.407. The van der Waals surface area contributed by atoms with Crippen molar-refractivity contribution in [1.29, 1.82) is 0 Å². The highest BCUT2D eigenvalue weighted by molar-refractivity contribution is 6.04. The van der Waals surface area contributed by atoms with E-state index < -0.39 is 5.82 Å². The molecular weight excluding hydrogens is 385 g/mol. The van der Waals surface area contributed by atoms with Gasteiger partial charge in [-0.25, -0.2) is 4.39 Å². The van der Waals surface area contributed by atoms with Crippen molar-refractivity contribution in [2.45, 2.75) is 32.1 Å². The average molecular weight is 411 g/mol. The number of carbonyl (C=O) groups excluding carboxylic acids is 3. The van der Waals surface area contributed by atoms with E-state index in [2.05, 4.69) is 16.0 Å². The maximum absolute atomic E-state index is 12.9. The topological polar surface area (TPSA) is 87.3 Å². The second-order valence-corrected chi connectivity index (χ2v) is 7.42. The largest absolute Gasteiger partial charge is 0.354 e. The molecule has 0 aromatic heterocycles. The van der Waals surface area contributed by atoms with Crippen molar-refractivity contribution in [2.75, 3.05) is 18.4 Å². The fourth-order valence-electron chi connectivity index (χ4n) is 3.48. The third kappa shape index (κ3) is 6.14. The zero-order chi connectivity index (χ0) is 21.3. The molecule has 158 valence electrons. The van der Waals surface area contributed by atoms with Crippen LogP contribution in [0.5, 0.6) is 0 Å². The van der Waals surface area contributed by atoms with Gasteiger partial charge in [-0.1, -0.05) is 19.3 Å². The van der Waals surface area contributed by atoms with Crippen molar-refractivity contribution in [2.24, 2.45) is 5.92 Å². The highest BCUT2D eigenvalue weighted by Crippen LogP contribution is 2.23. The molecule has 3 rings (SSSR count). The van der Waals surface area contributed by atoms with Crippen LogP contribution in [0.3, 0.4) is 0 Å². The first-order valence-electron chi connectivity index (χ1n) is 10.3. The summed E-state index contributed by atoms with van der Waals surface area (Å²) in [6.07, 6.45) is 5.31. The lowest BCUT2D eigenvalue weighted by atomic mass is 9.89. The predicted octanol–water partition coefficient (Wildman–Crippen LogP) is 3.50. The zero-order valence-electron chi connectivity index (χ0n) is 16.7. The molecule has 1 aliphatic rings. The molecule has 1 saturated carbocycles. The maximum Gasteiger partial charge on any atom is 0.255 e. The standard InChI is InChI=1S/C23H26FN3O3/c24-19-10-6-18(7-11-19)23(30)27-20-12-8-17(9-13-20)22(29)26-15-14-25-21(28)16-4-2-1-3-5-16/h6-13,16H,1-5,14-15H2,(H,25,28)(H,26,29)(H,27,30). The Morgan fingerprint density at radius 3 is 2.00 bits per heavy atom. The van der Waals surface area contributed by atoms with Gasteiger partial charge in [0.25, 0.3) is 11.8 Å². The zero-order valence-corrected chi connectivity index (χ0v) is 16.7. The Labute approximate surface area is 175 Å². The first-order valence-corrected chi connectivity index (χ1v) is 10.3. The van der Waals surface area contributed by atoms with Gasteiger partial charge in [0.05, 0.1) is 0 Å². The van der Waals surface area contributed by atoms with Crippen LogP contribution < -0.4 is 16.0 Å². The molecule has 2 aromatic rings. The lowest BCUT2D eigenvalue weighted by molar-refractivity contribution is -0.125. The summed E-state index contributed by atoms with van der Waals surface area (Å²) >= 11 is 0. The van der Waals surface area contributed by atoms with Crippen LogP contribution in [0.25, 0.3) is 0 Å². The summed E-state index contributed by atoms with van der Waals surface area (Å²) in [5.41, 5.74) is 1.32. The summed E-state index contributed by atoms with van der Waals surface area (Å²) in [7, 11) is 0. The van der Waals surface area contributed by atoms with Gasteiger partial charge in [-0.2, -0.15) is 0 Å². The fraction of sp³-hybridized carbons (Fsp3) is 0.348. The van der Waals surface area contributed by atoms with Crippen LogP contribution >= 0.6 is 0 Å². The average Bonchev–Trinajstić information content (AvgIpc) is 2.78. The normalized spacial score (nSPS) is 14.0. The predicted molar refractivity (Wildman–Crippen MR) is 113 cm³/mol. The van der Waals surface area contributed by atoms with Crippen molar-refractivity contribution >= 4 is 23.4 Å². The van der Waals surface area contributed by atoms with E-state index in [1.807, 2.05) is 0 Å². The molecule has 3 amide bonds. The van der Waals surface area contributed by atoms with Crippen LogP contribution in [-0.4, -0.2) is 30.8 Å². The van der Waals surface area contributed by atoms with Crippen LogP contribution in [0.1, 0.15) is 52.8 Å². The van der Waals surface area contributed by atoms with E-state index in [4.69, 9.17) is 0 Å². The number of carbonyl (C=O) groups is 3. The molecule has 0 heterocycles. The first kappa shape index (κ1) is 21.5. The molecule has 6 nitrogen and oxygen atoms in total.